The number of benzene rings is 3. The maximum Gasteiger partial charge on any atom is 0.409 e. The van der Waals surface area contributed by atoms with Crippen molar-refractivity contribution in [3.63, 3.8) is 0 Å². The summed E-state index contributed by atoms with van der Waals surface area (Å²) < 4.78 is 1.66. The third-order valence-electron chi connectivity index (χ3n) is 5.44. The van der Waals surface area contributed by atoms with Gasteiger partial charge in [0, 0.05) is 11.3 Å². The fourth-order valence-corrected chi connectivity index (χ4v) is 4.32. The molecular formula is C26H23Cl2N3O3. The van der Waals surface area contributed by atoms with Crippen LogP contribution in [0.4, 0.5) is 10.5 Å². The Balaban J connectivity index is 1.84. The third kappa shape index (κ3) is 4.80. The Labute approximate surface area is 207 Å². The lowest BCUT2D eigenvalue weighted by Gasteiger charge is -2.14. The van der Waals surface area contributed by atoms with Crippen molar-refractivity contribution in [1.82, 2.24) is 9.78 Å². The SMILES string of the molecule is Cc1cc(-c2cccc(NC(=O)O)c2)ccc1-c1cc(C(C)(C)O)nn1-c1c(Cl)cccc1Cl. The molecule has 4 rings (SSSR count). The Hall–Kier alpha value is -3.32. The molecule has 3 N–H and O–H groups in total. The summed E-state index contributed by atoms with van der Waals surface area (Å²) in [6, 6.07) is 20.2. The Morgan fingerprint density at radius 2 is 1.62 bits per heavy atom. The highest BCUT2D eigenvalue weighted by molar-refractivity contribution is 6.37. The Kier molecular flexibility index (Phi) is 6.41. The van der Waals surface area contributed by atoms with Crippen LogP contribution in [-0.4, -0.2) is 26.1 Å². The highest BCUT2D eigenvalue weighted by Gasteiger charge is 2.25. The second-order valence-electron chi connectivity index (χ2n) is 8.50. The average molecular weight is 496 g/mol. The smallest absolute Gasteiger partial charge is 0.409 e. The molecule has 1 amide bonds. The predicted octanol–water partition coefficient (Wildman–Crippen LogP) is 7.14. The number of carbonyl (C=O) groups is 1. The zero-order valence-electron chi connectivity index (χ0n) is 18.8. The van der Waals surface area contributed by atoms with E-state index in [4.69, 9.17) is 28.3 Å². The molecule has 6 nitrogen and oxygen atoms in total. The molecule has 0 spiro atoms. The summed E-state index contributed by atoms with van der Waals surface area (Å²) in [4.78, 5) is 11.0. The van der Waals surface area contributed by atoms with Gasteiger partial charge >= 0.3 is 6.09 Å². The van der Waals surface area contributed by atoms with Gasteiger partial charge in [-0.1, -0.05) is 59.6 Å². The number of aliphatic hydroxyl groups is 1. The van der Waals surface area contributed by atoms with Crippen LogP contribution in [-0.2, 0) is 5.60 Å². The van der Waals surface area contributed by atoms with Gasteiger partial charge in [-0.3, -0.25) is 5.32 Å². The van der Waals surface area contributed by atoms with Crippen LogP contribution in [0.5, 0.6) is 0 Å². The summed E-state index contributed by atoms with van der Waals surface area (Å²) in [7, 11) is 0. The molecule has 3 aromatic carbocycles. The minimum atomic E-state index is -1.17. The Morgan fingerprint density at radius 3 is 2.24 bits per heavy atom. The number of aromatic nitrogens is 2. The number of hydrogen-bond donors (Lipinski definition) is 3. The van der Waals surface area contributed by atoms with Crippen molar-refractivity contribution in [3.05, 3.63) is 88.0 Å². The van der Waals surface area contributed by atoms with Crippen LogP contribution in [0.1, 0.15) is 25.1 Å². The third-order valence-corrected chi connectivity index (χ3v) is 6.05. The molecule has 1 heterocycles. The molecule has 4 aromatic rings. The maximum absolute atomic E-state index is 11.0. The molecule has 0 saturated heterocycles. The molecule has 0 saturated carbocycles. The van der Waals surface area contributed by atoms with Crippen molar-refractivity contribution >= 4 is 35.0 Å². The number of anilines is 1. The van der Waals surface area contributed by atoms with Crippen molar-refractivity contribution in [2.24, 2.45) is 0 Å². The molecule has 0 aliphatic rings. The molecular weight excluding hydrogens is 473 g/mol. The molecule has 34 heavy (non-hydrogen) atoms. The van der Waals surface area contributed by atoms with Crippen LogP contribution in [0, 0.1) is 6.92 Å². The minimum Gasteiger partial charge on any atom is -0.465 e. The average Bonchev–Trinajstić information content (AvgIpc) is 3.18. The van der Waals surface area contributed by atoms with Crippen LogP contribution in [0.15, 0.2) is 66.7 Å². The first-order chi connectivity index (χ1) is 16.0. The van der Waals surface area contributed by atoms with Gasteiger partial charge in [-0.05, 0) is 67.8 Å². The van der Waals surface area contributed by atoms with E-state index in [9.17, 15) is 9.90 Å². The van der Waals surface area contributed by atoms with E-state index in [1.54, 1.807) is 54.9 Å². The molecule has 0 aliphatic carbocycles. The quantitative estimate of drug-likeness (QED) is 0.274. The van der Waals surface area contributed by atoms with Crippen molar-refractivity contribution < 1.29 is 15.0 Å². The van der Waals surface area contributed by atoms with Gasteiger partial charge in [-0.15, -0.1) is 0 Å². The summed E-state index contributed by atoms with van der Waals surface area (Å²) in [6.07, 6.45) is -1.11. The first-order valence-corrected chi connectivity index (χ1v) is 11.3. The van der Waals surface area contributed by atoms with Crippen LogP contribution >= 0.6 is 23.2 Å². The van der Waals surface area contributed by atoms with Gasteiger partial charge in [0.05, 0.1) is 21.4 Å². The Morgan fingerprint density at radius 1 is 0.971 bits per heavy atom. The molecule has 174 valence electrons. The number of nitrogens with one attached hydrogen (secondary N) is 1. The van der Waals surface area contributed by atoms with E-state index in [0.29, 0.717) is 27.1 Å². The number of aryl methyl sites for hydroxylation is 1. The summed E-state index contributed by atoms with van der Waals surface area (Å²) in [5.41, 5.74) is 4.73. The lowest BCUT2D eigenvalue weighted by atomic mass is 9.97. The van der Waals surface area contributed by atoms with Crippen LogP contribution in [0.3, 0.4) is 0 Å². The van der Waals surface area contributed by atoms with Gasteiger partial charge in [0.2, 0.25) is 0 Å². The number of halogens is 2. The second-order valence-corrected chi connectivity index (χ2v) is 9.31. The summed E-state index contributed by atoms with van der Waals surface area (Å²) in [5.74, 6) is 0. The first kappa shape index (κ1) is 23.8. The standard InChI is InChI=1S/C26H23Cl2N3O3/c1-15-12-17(16-6-4-7-18(13-16)29-25(32)33)10-11-19(15)22-14-23(26(2,3)34)30-31(22)24-20(27)8-5-9-21(24)28/h4-14,29,34H,1-3H3,(H,32,33). The largest absolute Gasteiger partial charge is 0.465 e. The minimum absolute atomic E-state index is 0.441. The van der Waals surface area contributed by atoms with Gasteiger partial charge in [-0.2, -0.15) is 5.10 Å². The number of rotatable bonds is 5. The second kappa shape index (κ2) is 9.14. The first-order valence-electron chi connectivity index (χ1n) is 10.5. The van der Waals surface area contributed by atoms with E-state index in [-0.39, 0.29) is 0 Å². The fourth-order valence-electron chi connectivity index (χ4n) is 3.76. The number of amides is 1. The van der Waals surface area contributed by atoms with Crippen molar-refractivity contribution in [1.29, 1.82) is 0 Å². The van der Waals surface area contributed by atoms with Crippen LogP contribution < -0.4 is 5.32 Å². The van der Waals surface area contributed by atoms with Crippen molar-refractivity contribution in [2.45, 2.75) is 26.4 Å². The zero-order valence-corrected chi connectivity index (χ0v) is 20.3. The molecule has 1 aromatic heterocycles. The van der Waals surface area contributed by atoms with Gasteiger partial charge in [0.15, 0.2) is 0 Å². The highest BCUT2D eigenvalue weighted by Crippen LogP contribution is 2.37. The van der Waals surface area contributed by atoms with E-state index >= 15 is 0 Å². The predicted molar refractivity (Wildman–Crippen MR) is 136 cm³/mol. The normalized spacial score (nSPS) is 11.5. The van der Waals surface area contributed by atoms with E-state index in [1.807, 2.05) is 37.3 Å². The summed E-state index contributed by atoms with van der Waals surface area (Å²) in [6.45, 7) is 5.32. The monoisotopic (exact) mass is 495 g/mol. The summed E-state index contributed by atoms with van der Waals surface area (Å²) >= 11 is 13.0. The highest BCUT2D eigenvalue weighted by atomic mass is 35.5. The fraction of sp³-hybridized carbons (Fsp3) is 0.154. The Bertz CT molecular complexity index is 1370. The van der Waals surface area contributed by atoms with E-state index in [2.05, 4.69) is 10.4 Å². The molecule has 0 atom stereocenters. The summed E-state index contributed by atoms with van der Waals surface area (Å²) in [5, 5.41) is 27.5. The van der Waals surface area contributed by atoms with Crippen LogP contribution in [0.25, 0.3) is 28.1 Å². The lowest BCUT2D eigenvalue weighted by molar-refractivity contribution is 0.0734. The maximum atomic E-state index is 11.0. The molecule has 0 radical (unpaired) electrons. The van der Waals surface area contributed by atoms with E-state index in [0.717, 1.165) is 27.9 Å². The molecule has 0 fully saturated rings. The number of hydrogen-bond acceptors (Lipinski definition) is 3. The number of para-hydroxylation sites is 1. The van der Waals surface area contributed by atoms with Crippen molar-refractivity contribution in [2.75, 3.05) is 5.32 Å². The number of carboxylic acid groups (broad SMARTS) is 1. The number of nitrogens with zero attached hydrogens (tertiary/aromatic N) is 2. The van der Waals surface area contributed by atoms with Gasteiger partial charge in [0.25, 0.3) is 0 Å². The lowest BCUT2D eigenvalue weighted by Crippen LogP contribution is -2.16. The van der Waals surface area contributed by atoms with Gasteiger partial charge in [0.1, 0.15) is 11.3 Å². The van der Waals surface area contributed by atoms with Crippen molar-refractivity contribution in [3.8, 4) is 28.1 Å². The molecule has 0 aliphatic heterocycles. The molecule has 8 heteroatoms. The van der Waals surface area contributed by atoms with Gasteiger partial charge < -0.3 is 10.2 Å². The van der Waals surface area contributed by atoms with E-state index in [1.165, 1.54) is 0 Å². The van der Waals surface area contributed by atoms with E-state index < -0.39 is 11.7 Å². The topological polar surface area (TPSA) is 87.4 Å². The zero-order chi connectivity index (χ0) is 24.6. The molecule has 0 bridgehead atoms. The van der Waals surface area contributed by atoms with Crippen LogP contribution in [0.2, 0.25) is 10.0 Å². The van der Waals surface area contributed by atoms with Gasteiger partial charge in [-0.25, -0.2) is 9.48 Å². The molecule has 0 unspecified atom stereocenters.